The molecule has 2 saturated heterocycles. The third kappa shape index (κ3) is 6.92. The molecule has 9 heteroatoms. The Labute approximate surface area is 207 Å². The van der Waals surface area contributed by atoms with E-state index in [1.807, 2.05) is 18.7 Å². The van der Waals surface area contributed by atoms with E-state index < -0.39 is 0 Å². The normalized spacial score (nSPS) is 18.6. The summed E-state index contributed by atoms with van der Waals surface area (Å²) in [4.78, 5) is 23.9. The molecule has 2 aliphatic rings. The lowest BCUT2D eigenvalue weighted by molar-refractivity contribution is -0.135. The predicted octanol–water partition coefficient (Wildman–Crippen LogP) is 3.23. The molecule has 2 heterocycles. The molecule has 6 nitrogen and oxygen atoms in total. The summed E-state index contributed by atoms with van der Waals surface area (Å²) in [6, 6.07) is 4.68. The van der Waals surface area contributed by atoms with E-state index in [0.717, 1.165) is 64.6 Å². The highest BCUT2D eigenvalue weighted by molar-refractivity contribution is 14.0. The van der Waals surface area contributed by atoms with Gasteiger partial charge in [-0.1, -0.05) is 17.7 Å². The van der Waals surface area contributed by atoms with E-state index in [1.165, 1.54) is 6.07 Å². The summed E-state index contributed by atoms with van der Waals surface area (Å²) >= 11 is 6.12. The van der Waals surface area contributed by atoms with Crippen LogP contribution >= 0.6 is 35.6 Å². The van der Waals surface area contributed by atoms with Gasteiger partial charge in [-0.2, -0.15) is 0 Å². The number of nitrogens with one attached hydrogen (secondary N) is 1. The Morgan fingerprint density at radius 1 is 1.16 bits per heavy atom. The van der Waals surface area contributed by atoms with Crippen molar-refractivity contribution < 1.29 is 9.18 Å². The van der Waals surface area contributed by atoms with Gasteiger partial charge < -0.3 is 15.1 Å². The smallest absolute Gasteiger partial charge is 0.239 e. The van der Waals surface area contributed by atoms with Crippen molar-refractivity contribution in [3.05, 3.63) is 34.6 Å². The van der Waals surface area contributed by atoms with E-state index in [0.29, 0.717) is 23.6 Å². The number of benzene rings is 1. The van der Waals surface area contributed by atoms with Crippen LogP contribution in [0.2, 0.25) is 5.02 Å². The van der Waals surface area contributed by atoms with E-state index in [1.54, 1.807) is 12.1 Å². The zero-order valence-electron chi connectivity index (χ0n) is 18.4. The zero-order chi connectivity index (χ0) is 21.5. The van der Waals surface area contributed by atoms with Crippen LogP contribution in [0.1, 0.15) is 32.3 Å². The summed E-state index contributed by atoms with van der Waals surface area (Å²) in [6.45, 7) is 10.3. The highest BCUT2D eigenvalue weighted by atomic mass is 127. The van der Waals surface area contributed by atoms with Gasteiger partial charge in [-0.05, 0) is 45.2 Å². The van der Waals surface area contributed by atoms with Gasteiger partial charge in [0.25, 0.3) is 0 Å². The van der Waals surface area contributed by atoms with E-state index in [-0.39, 0.29) is 41.7 Å². The average Bonchev–Trinajstić information content (AvgIpc) is 3.29. The molecule has 0 aliphatic carbocycles. The van der Waals surface area contributed by atoms with E-state index in [4.69, 9.17) is 16.6 Å². The fourth-order valence-electron chi connectivity index (χ4n) is 4.15. The maximum Gasteiger partial charge on any atom is 0.239 e. The molecule has 1 aromatic rings. The molecule has 0 bridgehead atoms. The maximum absolute atomic E-state index is 14.0. The summed E-state index contributed by atoms with van der Waals surface area (Å²) in [6.07, 6.45) is 2.70. The Morgan fingerprint density at radius 3 is 2.45 bits per heavy atom. The van der Waals surface area contributed by atoms with Crippen LogP contribution in [-0.4, -0.2) is 85.0 Å². The van der Waals surface area contributed by atoms with Gasteiger partial charge in [-0.15, -0.1) is 24.0 Å². The number of amides is 1. The van der Waals surface area contributed by atoms with Crippen molar-refractivity contribution in [1.82, 2.24) is 20.0 Å². The Kier molecular flexibility index (Phi) is 10.8. The zero-order valence-corrected chi connectivity index (χ0v) is 21.5. The van der Waals surface area contributed by atoms with Gasteiger partial charge in [0, 0.05) is 62.9 Å². The third-order valence-electron chi connectivity index (χ3n) is 5.96. The molecule has 1 N–H and O–H groups in total. The summed E-state index contributed by atoms with van der Waals surface area (Å²) in [5.41, 5.74) is 0.512. The van der Waals surface area contributed by atoms with Crippen molar-refractivity contribution in [2.75, 3.05) is 52.4 Å². The largest absolute Gasteiger partial charge is 0.357 e. The van der Waals surface area contributed by atoms with Gasteiger partial charge >= 0.3 is 0 Å². The highest BCUT2D eigenvalue weighted by Gasteiger charge is 2.30. The Hall–Kier alpha value is -1.13. The van der Waals surface area contributed by atoms with E-state index in [9.17, 15) is 9.18 Å². The third-order valence-corrected chi connectivity index (χ3v) is 6.31. The molecule has 2 aliphatic heterocycles. The van der Waals surface area contributed by atoms with E-state index in [2.05, 4.69) is 15.1 Å². The first kappa shape index (κ1) is 26.1. The van der Waals surface area contributed by atoms with Crippen LogP contribution in [0.25, 0.3) is 0 Å². The van der Waals surface area contributed by atoms with Gasteiger partial charge in [0.1, 0.15) is 5.82 Å². The number of hydrogen-bond acceptors (Lipinski definition) is 3. The lowest BCUT2D eigenvalue weighted by atomic mass is 10.1. The maximum atomic E-state index is 14.0. The van der Waals surface area contributed by atoms with E-state index >= 15 is 0 Å². The molecule has 1 atom stereocenters. The van der Waals surface area contributed by atoms with Gasteiger partial charge in [0.05, 0.1) is 6.04 Å². The molecule has 0 saturated carbocycles. The highest BCUT2D eigenvalue weighted by Crippen LogP contribution is 2.19. The first-order chi connectivity index (χ1) is 14.5. The van der Waals surface area contributed by atoms with Gasteiger partial charge in [-0.25, -0.2) is 4.39 Å². The second kappa shape index (κ2) is 12.8. The average molecular weight is 566 g/mol. The predicted molar refractivity (Wildman–Crippen MR) is 135 cm³/mol. The number of likely N-dealkylation sites (tertiary alicyclic amines) is 1. The van der Waals surface area contributed by atoms with Gasteiger partial charge in [-0.3, -0.25) is 14.7 Å². The number of carbonyl (C=O) groups is 1. The molecule has 31 heavy (non-hydrogen) atoms. The fraction of sp³-hybridized carbons (Fsp3) is 0.636. The number of guanidine groups is 1. The van der Waals surface area contributed by atoms with Crippen LogP contribution in [-0.2, 0) is 11.2 Å². The molecule has 1 unspecified atom stereocenters. The minimum atomic E-state index is -0.284. The Balaban J connectivity index is 0.00000341. The number of aliphatic imine (C=N–C) groups is 1. The molecule has 174 valence electrons. The van der Waals surface area contributed by atoms with Crippen molar-refractivity contribution in [2.24, 2.45) is 4.99 Å². The molecule has 0 aromatic heterocycles. The summed E-state index contributed by atoms with van der Waals surface area (Å²) in [5.74, 6) is 0.805. The number of piperazine rings is 1. The summed E-state index contributed by atoms with van der Waals surface area (Å²) < 4.78 is 14.0. The minimum Gasteiger partial charge on any atom is -0.357 e. The lowest BCUT2D eigenvalue weighted by Crippen LogP contribution is -2.57. The van der Waals surface area contributed by atoms with Crippen LogP contribution in [0.3, 0.4) is 0 Å². The van der Waals surface area contributed by atoms with Gasteiger partial charge in [0.2, 0.25) is 5.91 Å². The summed E-state index contributed by atoms with van der Waals surface area (Å²) in [5, 5.41) is 3.78. The SMILES string of the molecule is CCNC(=NCCc1c(F)cccc1Cl)N1CCN(C(C)C(=O)N2CCCC2)CC1.I. The second-order valence-corrected chi connectivity index (χ2v) is 8.32. The van der Waals surface area contributed by atoms with Crippen molar-refractivity contribution in [2.45, 2.75) is 39.2 Å². The molecule has 1 aromatic carbocycles. The number of rotatable bonds is 6. The van der Waals surface area contributed by atoms with Gasteiger partial charge in [0.15, 0.2) is 5.96 Å². The second-order valence-electron chi connectivity index (χ2n) is 7.92. The molecule has 0 radical (unpaired) electrons. The van der Waals surface area contributed by atoms with Crippen molar-refractivity contribution in [3.63, 3.8) is 0 Å². The minimum absolute atomic E-state index is 0. The fourth-order valence-corrected chi connectivity index (χ4v) is 4.41. The number of carbonyl (C=O) groups excluding carboxylic acids is 1. The quantitative estimate of drug-likeness (QED) is 0.327. The summed E-state index contributed by atoms with van der Waals surface area (Å²) in [7, 11) is 0. The molecule has 3 rings (SSSR count). The molecular weight excluding hydrogens is 532 g/mol. The van der Waals surface area contributed by atoms with Crippen molar-refractivity contribution in [3.8, 4) is 0 Å². The first-order valence-corrected chi connectivity index (χ1v) is 11.4. The van der Waals surface area contributed by atoms with Crippen LogP contribution in [0.4, 0.5) is 4.39 Å². The van der Waals surface area contributed by atoms with Crippen molar-refractivity contribution >= 4 is 47.4 Å². The van der Waals surface area contributed by atoms with Crippen LogP contribution in [0.15, 0.2) is 23.2 Å². The first-order valence-electron chi connectivity index (χ1n) is 11.0. The lowest BCUT2D eigenvalue weighted by Gasteiger charge is -2.39. The number of hydrogen-bond donors (Lipinski definition) is 1. The monoisotopic (exact) mass is 565 g/mol. The van der Waals surface area contributed by atoms with Crippen molar-refractivity contribution in [1.29, 1.82) is 0 Å². The van der Waals surface area contributed by atoms with Crippen LogP contribution < -0.4 is 5.32 Å². The number of halogens is 3. The molecule has 1 amide bonds. The molecule has 2 fully saturated rings. The Bertz CT molecular complexity index is 731. The molecular formula is C22H34ClFIN5O. The molecule has 0 spiro atoms. The van der Waals surface area contributed by atoms with Crippen LogP contribution in [0.5, 0.6) is 0 Å². The number of nitrogens with zero attached hydrogens (tertiary/aromatic N) is 4. The van der Waals surface area contributed by atoms with Crippen LogP contribution in [0, 0.1) is 5.82 Å². The Morgan fingerprint density at radius 2 is 1.84 bits per heavy atom. The standard InChI is InChI=1S/C22H33ClFN5O.HI/c1-3-25-22(26-10-9-18-19(23)7-6-8-20(18)24)29-15-13-27(14-16-29)17(2)21(30)28-11-4-5-12-28;/h6-8,17H,3-5,9-16H2,1-2H3,(H,25,26);1H. The topological polar surface area (TPSA) is 51.2 Å².